The van der Waals surface area contributed by atoms with Crippen LogP contribution in [0.25, 0.3) is 0 Å². The number of nitrogens with zero attached hydrogens (tertiary/aromatic N) is 1. The number of carbonyl (C=O) groups is 2. The van der Waals surface area contributed by atoms with Crippen LogP contribution in [-0.2, 0) is 9.59 Å². The minimum atomic E-state index is -0.814. The first-order chi connectivity index (χ1) is 6.32. The Morgan fingerprint density at radius 3 is 2.14 bits per heavy atom. The third kappa shape index (κ3) is 2.40. The molecule has 0 amide bonds. The standard InChI is InChI=1S/C10H15NO3/c1-10(2)4-8(12)7(6-11(3)14)9(13)5-10/h6-7H,4-5H2,1-3H3/b11-6-. The maximum absolute atomic E-state index is 11.5. The summed E-state index contributed by atoms with van der Waals surface area (Å²) in [5.74, 6) is -1.10. The van der Waals surface area contributed by atoms with E-state index < -0.39 is 5.92 Å². The molecule has 0 saturated heterocycles. The molecule has 0 heterocycles. The first-order valence-electron chi connectivity index (χ1n) is 4.62. The van der Waals surface area contributed by atoms with Crippen molar-refractivity contribution in [1.29, 1.82) is 0 Å². The molecule has 0 spiro atoms. The zero-order valence-corrected chi connectivity index (χ0v) is 8.74. The second-order valence-electron chi connectivity index (χ2n) is 4.62. The van der Waals surface area contributed by atoms with E-state index in [9.17, 15) is 14.8 Å². The Balaban J connectivity index is 2.87. The molecule has 1 aliphatic rings. The predicted molar refractivity (Wildman–Crippen MR) is 52.1 cm³/mol. The van der Waals surface area contributed by atoms with Gasteiger partial charge < -0.3 is 5.21 Å². The van der Waals surface area contributed by atoms with Crippen molar-refractivity contribution < 1.29 is 14.3 Å². The van der Waals surface area contributed by atoms with Gasteiger partial charge in [0.15, 0.2) is 23.7 Å². The number of ketones is 2. The van der Waals surface area contributed by atoms with E-state index in [0.29, 0.717) is 17.6 Å². The molecule has 78 valence electrons. The lowest BCUT2D eigenvalue weighted by Gasteiger charge is -2.29. The molecule has 14 heavy (non-hydrogen) atoms. The lowest BCUT2D eigenvalue weighted by Crippen LogP contribution is -2.39. The van der Waals surface area contributed by atoms with Gasteiger partial charge >= 0.3 is 0 Å². The number of hydrogen-bond donors (Lipinski definition) is 0. The lowest BCUT2D eigenvalue weighted by atomic mass is 9.72. The summed E-state index contributed by atoms with van der Waals surface area (Å²) in [5, 5.41) is 10.7. The van der Waals surface area contributed by atoms with Crippen LogP contribution in [0.2, 0.25) is 0 Å². The number of rotatable bonds is 1. The molecule has 1 aliphatic carbocycles. The van der Waals surface area contributed by atoms with Gasteiger partial charge in [0.25, 0.3) is 0 Å². The molecular weight excluding hydrogens is 182 g/mol. The lowest BCUT2D eigenvalue weighted by molar-refractivity contribution is -0.419. The summed E-state index contributed by atoms with van der Waals surface area (Å²) >= 11 is 0. The van der Waals surface area contributed by atoms with E-state index in [1.807, 2.05) is 13.8 Å². The molecular formula is C10H15NO3. The third-order valence-corrected chi connectivity index (χ3v) is 2.36. The summed E-state index contributed by atoms with van der Waals surface area (Å²) in [6, 6.07) is 0. The number of Topliss-reactive ketones (excluding diaryl/α,β-unsaturated/α-hetero) is 2. The van der Waals surface area contributed by atoms with Crippen LogP contribution in [0.4, 0.5) is 0 Å². The number of hydrogen-bond acceptors (Lipinski definition) is 3. The fraction of sp³-hybridized carbons (Fsp3) is 0.700. The molecule has 1 rings (SSSR count). The highest BCUT2D eigenvalue weighted by Gasteiger charge is 2.40. The summed E-state index contributed by atoms with van der Waals surface area (Å²) in [4.78, 5) is 23.1. The van der Waals surface area contributed by atoms with Gasteiger partial charge in [-0.15, -0.1) is 0 Å². The molecule has 0 atom stereocenters. The SMILES string of the molecule is C/[N+]([O-])=C/C1C(=O)CC(C)(C)CC1=O. The maximum Gasteiger partial charge on any atom is 0.168 e. The average molecular weight is 197 g/mol. The van der Waals surface area contributed by atoms with Crippen molar-refractivity contribution in [1.82, 2.24) is 0 Å². The van der Waals surface area contributed by atoms with E-state index in [4.69, 9.17) is 0 Å². The molecule has 0 bridgehead atoms. The fourth-order valence-corrected chi connectivity index (χ4v) is 1.78. The Hall–Kier alpha value is -1.19. The van der Waals surface area contributed by atoms with Crippen molar-refractivity contribution in [2.75, 3.05) is 7.05 Å². The second-order valence-corrected chi connectivity index (χ2v) is 4.62. The predicted octanol–water partition coefficient (Wildman–Crippen LogP) is 0.772. The van der Waals surface area contributed by atoms with E-state index in [1.165, 1.54) is 7.05 Å². The smallest absolute Gasteiger partial charge is 0.168 e. The van der Waals surface area contributed by atoms with Gasteiger partial charge in [-0.05, 0) is 5.41 Å². The average Bonchev–Trinajstić information content (AvgIpc) is 1.94. The molecule has 4 nitrogen and oxygen atoms in total. The van der Waals surface area contributed by atoms with Gasteiger partial charge in [-0.1, -0.05) is 13.8 Å². The largest absolute Gasteiger partial charge is 0.624 e. The molecule has 0 aromatic carbocycles. The quantitative estimate of drug-likeness (QED) is 0.205. The second kappa shape index (κ2) is 3.52. The third-order valence-electron chi connectivity index (χ3n) is 2.36. The number of carbonyl (C=O) groups excluding carboxylic acids is 2. The molecule has 1 fully saturated rings. The Morgan fingerprint density at radius 2 is 1.79 bits per heavy atom. The molecule has 0 aromatic rings. The van der Waals surface area contributed by atoms with Gasteiger partial charge in [0.05, 0.1) is 0 Å². The van der Waals surface area contributed by atoms with Gasteiger partial charge in [-0.2, -0.15) is 0 Å². The van der Waals surface area contributed by atoms with Crippen LogP contribution in [0, 0.1) is 16.5 Å². The monoisotopic (exact) mass is 197 g/mol. The van der Waals surface area contributed by atoms with Crippen LogP contribution in [-0.4, -0.2) is 29.6 Å². The van der Waals surface area contributed by atoms with Gasteiger partial charge in [-0.25, -0.2) is 4.74 Å². The highest BCUT2D eigenvalue weighted by atomic mass is 16.5. The Bertz CT molecular complexity index is 280. The fourth-order valence-electron chi connectivity index (χ4n) is 1.78. The molecule has 0 aliphatic heterocycles. The Labute approximate surface area is 83.2 Å². The van der Waals surface area contributed by atoms with Crippen molar-refractivity contribution in [2.45, 2.75) is 26.7 Å². The van der Waals surface area contributed by atoms with E-state index >= 15 is 0 Å². The summed E-state index contributed by atoms with van der Waals surface area (Å²) in [7, 11) is 1.28. The van der Waals surface area contributed by atoms with Gasteiger partial charge in [0, 0.05) is 12.8 Å². The van der Waals surface area contributed by atoms with Crippen molar-refractivity contribution in [3.8, 4) is 0 Å². The van der Waals surface area contributed by atoms with Crippen LogP contribution in [0.15, 0.2) is 0 Å². The van der Waals surface area contributed by atoms with Gasteiger partial charge in [-0.3, -0.25) is 9.59 Å². The van der Waals surface area contributed by atoms with E-state index in [0.717, 1.165) is 6.21 Å². The highest BCUT2D eigenvalue weighted by Crippen LogP contribution is 2.33. The molecule has 0 aromatic heterocycles. The Kier molecular flexibility index (Phi) is 2.73. The zero-order valence-electron chi connectivity index (χ0n) is 8.74. The van der Waals surface area contributed by atoms with Crippen molar-refractivity contribution in [3.05, 3.63) is 5.21 Å². The summed E-state index contributed by atoms with van der Waals surface area (Å²) in [6.45, 7) is 3.78. The molecule has 0 N–H and O–H groups in total. The minimum absolute atomic E-state index is 0.144. The highest BCUT2D eigenvalue weighted by molar-refractivity contribution is 6.15. The molecule has 0 unspecified atom stereocenters. The van der Waals surface area contributed by atoms with Crippen LogP contribution in [0.5, 0.6) is 0 Å². The molecule has 1 saturated carbocycles. The summed E-state index contributed by atoms with van der Waals surface area (Å²) in [5.41, 5.74) is -0.250. The van der Waals surface area contributed by atoms with Crippen molar-refractivity contribution >= 4 is 17.8 Å². The van der Waals surface area contributed by atoms with E-state index in [1.54, 1.807) is 0 Å². The zero-order chi connectivity index (χ0) is 10.9. The molecule has 4 heteroatoms. The summed E-state index contributed by atoms with van der Waals surface area (Å²) < 4.78 is 0.527. The summed E-state index contributed by atoms with van der Waals surface area (Å²) in [6.07, 6.45) is 1.89. The van der Waals surface area contributed by atoms with Crippen molar-refractivity contribution in [3.63, 3.8) is 0 Å². The van der Waals surface area contributed by atoms with Crippen LogP contribution >= 0.6 is 0 Å². The van der Waals surface area contributed by atoms with Crippen molar-refractivity contribution in [2.24, 2.45) is 11.3 Å². The maximum atomic E-state index is 11.5. The molecule has 0 radical (unpaired) electrons. The van der Waals surface area contributed by atoms with E-state index in [-0.39, 0.29) is 17.0 Å². The van der Waals surface area contributed by atoms with Crippen LogP contribution < -0.4 is 0 Å². The first-order valence-corrected chi connectivity index (χ1v) is 4.62. The van der Waals surface area contributed by atoms with E-state index in [2.05, 4.69) is 0 Å². The Morgan fingerprint density at radius 1 is 1.36 bits per heavy atom. The normalized spacial score (nSPS) is 24.1. The minimum Gasteiger partial charge on any atom is -0.624 e. The van der Waals surface area contributed by atoms with Gasteiger partial charge in [0.2, 0.25) is 0 Å². The van der Waals surface area contributed by atoms with Crippen LogP contribution in [0.1, 0.15) is 26.7 Å². The topological polar surface area (TPSA) is 60.2 Å². The first kappa shape index (κ1) is 10.9. The number of hydroxylamine groups is 1. The van der Waals surface area contributed by atoms with Crippen LogP contribution in [0.3, 0.4) is 0 Å². The van der Waals surface area contributed by atoms with Gasteiger partial charge in [0.1, 0.15) is 7.05 Å².